The summed E-state index contributed by atoms with van der Waals surface area (Å²) in [5.74, 6) is -0.367. The lowest BCUT2D eigenvalue weighted by Crippen LogP contribution is -2.50. The van der Waals surface area contributed by atoms with Gasteiger partial charge in [-0.1, -0.05) is 34.1 Å². The van der Waals surface area contributed by atoms with Gasteiger partial charge in [-0.2, -0.15) is 4.31 Å². The molecule has 1 heterocycles. The highest BCUT2D eigenvalue weighted by Gasteiger charge is 2.29. The van der Waals surface area contributed by atoms with E-state index in [-0.39, 0.29) is 42.6 Å². The number of halogens is 1. The topological polar surface area (TPSA) is 86.8 Å². The Bertz CT molecular complexity index is 1020. The molecule has 0 atom stereocenters. The Balaban J connectivity index is 1.48. The van der Waals surface area contributed by atoms with E-state index in [0.29, 0.717) is 13.1 Å². The van der Waals surface area contributed by atoms with Crippen molar-refractivity contribution in [3.8, 4) is 0 Å². The summed E-state index contributed by atoms with van der Waals surface area (Å²) in [6.45, 7) is 3.02. The lowest BCUT2D eigenvalue weighted by atomic mass is 10.2. The summed E-state index contributed by atoms with van der Waals surface area (Å²) in [4.78, 5) is 26.5. The first-order valence-corrected chi connectivity index (χ1v) is 11.9. The molecule has 0 bridgehead atoms. The van der Waals surface area contributed by atoms with E-state index in [2.05, 4.69) is 21.2 Å². The minimum Gasteiger partial charge on any atom is -0.340 e. The molecule has 0 aliphatic carbocycles. The zero-order valence-corrected chi connectivity index (χ0v) is 19.1. The van der Waals surface area contributed by atoms with Crippen molar-refractivity contribution in [2.75, 3.05) is 31.5 Å². The molecule has 1 aliphatic rings. The molecule has 3 rings (SSSR count). The van der Waals surface area contributed by atoms with Crippen LogP contribution in [0.15, 0.2) is 57.9 Å². The number of sulfonamides is 1. The molecule has 0 aromatic heterocycles. The molecule has 1 N–H and O–H groups in total. The number of benzene rings is 2. The maximum Gasteiger partial charge on any atom is 0.243 e. The van der Waals surface area contributed by atoms with Gasteiger partial charge in [0.05, 0.1) is 4.90 Å². The SMILES string of the molecule is Cc1cc(Br)ccc1NC(=O)CCC(=O)N1CCN(S(=O)(=O)c2ccccc2)CC1. The fourth-order valence-electron chi connectivity index (χ4n) is 3.28. The molecule has 1 aliphatic heterocycles. The highest BCUT2D eigenvalue weighted by atomic mass is 79.9. The van der Waals surface area contributed by atoms with Gasteiger partial charge in [0, 0.05) is 49.2 Å². The average molecular weight is 494 g/mol. The Hall–Kier alpha value is -2.23. The number of carbonyl (C=O) groups is 2. The minimum atomic E-state index is -3.55. The Morgan fingerprint density at radius 1 is 1.00 bits per heavy atom. The number of amides is 2. The van der Waals surface area contributed by atoms with Crippen molar-refractivity contribution < 1.29 is 18.0 Å². The third kappa shape index (κ3) is 5.47. The van der Waals surface area contributed by atoms with Gasteiger partial charge in [0.2, 0.25) is 21.8 Å². The lowest BCUT2D eigenvalue weighted by molar-refractivity contribution is -0.133. The van der Waals surface area contributed by atoms with Crippen LogP contribution in [0.1, 0.15) is 18.4 Å². The number of nitrogens with zero attached hydrogens (tertiary/aromatic N) is 2. The van der Waals surface area contributed by atoms with Crippen LogP contribution < -0.4 is 5.32 Å². The number of hydrogen-bond acceptors (Lipinski definition) is 4. The second kappa shape index (κ2) is 9.72. The van der Waals surface area contributed by atoms with E-state index < -0.39 is 10.0 Å². The predicted molar refractivity (Wildman–Crippen MR) is 119 cm³/mol. The number of hydrogen-bond donors (Lipinski definition) is 1. The molecule has 7 nitrogen and oxygen atoms in total. The number of rotatable bonds is 6. The van der Waals surface area contributed by atoms with Gasteiger partial charge in [0.25, 0.3) is 0 Å². The average Bonchev–Trinajstić information content (AvgIpc) is 2.75. The molecule has 160 valence electrons. The van der Waals surface area contributed by atoms with Crippen LogP contribution in [0.25, 0.3) is 0 Å². The fraction of sp³-hybridized carbons (Fsp3) is 0.333. The third-order valence-electron chi connectivity index (χ3n) is 5.00. The van der Waals surface area contributed by atoms with Crippen LogP contribution in [0.5, 0.6) is 0 Å². The molecular weight excluding hydrogens is 470 g/mol. The maximum atomic E-state index is 12.7. The highest BCUT2D eigenvalue weighted by Crippen LogP contribution is 2.21. The van der Waals surface area contributed by atoms with Crippen LogP contribution in [-0.4, -0.2) is 55.6 Å². The summed E-state index contributed by atoms with van der Waals surface area (Å²) in [7, 11) is -3.55. The predicted octanol–water partition coefficient (Wildman–Crippen LogP) is 3.01. The zero-order valence-electron chi connectivity index (χ0n) is 16.7. The molecule has 2 aromatic rings. The summed E-state index contributed by atoms with van der Waals surface area (Å²) in [5, 5.41) is 2.82. The Morgan fingerprint density at radius 3 is 2.30 bits per heavy atom. The second-order valence-electron chi connectivity index (χ2n) is 7.11. The molecule has 0 saturated carbocycles. The van der Waals surface area contributed by atoms with E-state index in [1.807, 2.05) is 25.1 Å². The largest absolute Gasteiger partial charge is 0.340 e. The van der Waals surface area contributed by atoms with E-state index in [1.165, 1.54) is 4.31 Å². The van der Waals surface area contributed by atoms with Crippen LogP contribution in [0.2, 0.25) is 0 Å². The molecule has 0 unspecified atom stereocenters. The quantitative estimate of drug-likeness (QED) is 0.669. The number of piperazine rings is 1. The molecule has 1 fully saturated rings. The van der Waals surface area contributed by atoms with Crippen molar-refractivity contribution in [1.82, 2.24) is 9.21 Å². The van der Waals surface area contributed by atoms with Gasteiger partial charge >= 0.3 is 0 Å². The van der Waals surface area contributed by atoms with Crippen molar-refractivity contribution >= 4 is 43.5 Å². The second-order valence-corrected chi connectivity index (χ2v) is 9.96. The van der Waals surface area contributed by atoms with Crippen molar-refractivity contribution in [3.05, 3.63) is 58.6 Å². The van der Waals surface area contributed by atoms with Crippen LogP contribution in [0.4, 0.5) is 5.69 Å². The van der Waals surface area contributed by atoms with Crippen LogP contribution in [0.3, 0.4) is 0 Å². The van der Waals surface area contributed by atoms with E-state index in [4.69, 9.17) is 0 Å². The first-order valence-electron chi connectivity index (χ1n) is 9.66. The summed E-state index contributed by atoms with van der Waals surface area (Å²) in [6, 6.07) is 13.8. The van der Waals surface area contributed by atoms with Crippen LogP contribution in [0, 0.1) is 6.92 Å². The molecule has 2 aromatic carbocycles. The van der Waals surface area contributed by atoms with E-state index in [1.54, 1.807) is 35.2 Å². The first kappa shape index (κ1) is 22.5. The van der Waals surface area contributed by atoms with Gasteiger partial charge in [-0.3, -0.25) is 9.59 Å². The number of carbonyl (C=O) groups excluding carboxylic acids is 2. The summed E-state index contributed by atoms with van der Waals surface area (Å²) < 4.78 is 27.7. The van der Waals surface area contributed by atoms with E-state index in [0.717, 1.165) is 15.7 Å². The molecular formula is C21H24BrN3O4S. The van der Waals surface area contributed by atoms with Gasteiger partial charge in [0.15, 0.2) is 0 Å². The number of nitrogens with one attached hydrogen (secondary N) is 1. The van der Waals surface area contributed by atoms with Gasteiger partial charge < -0.3 is 10.2 Å². The fourth-order valence-corrected chi connectivity index (χ4v) is 5.20. The number of anilines is 1. The van der Waals surface area contributed by atoms with Crippen LogP contribution >= 0.6 is 15.9 Å². The van der Waals surface area contributed by atoms with Gasteiger partial charge in [0.1, 0.15) is 0 Å². The summed E-state index contributed by atoms with van der Waals surface area (Å²) >= 11 is 3.38. The maximum absolute atomic E-state index is 12.7. The summed E-state index contributed by atoms with van der Waals surface area (Å²) in [6.07, 6.45) is 0.170. The minimum absolute atomic E-state index is 0.0802. The zero-order chi connectivity index (χ0) is 21.7. The Morgan fingerprint density at radius 2 is 1.67 bits per heavy atom. The highest BCUT2D eigenvalue weighted by molar-refractivity contribution is 9.10. The number of aryl methyl sites for hydroxylation is 1. The standard InChI is InChI=1S/C21H24BrN3O4S/c1-16-15-17(22)7-8-19(16)23-20(26)9-10-21(27)24-11-13-25(14-12-24)30(28,29)18-5-3-2-4-6-18/h2-8,15H,9-14H2,1H3,(H,23,26). The van der Waals surface area contributed by atoms with E-state index >= 15 is 0 Å². The third-order valence-corrected chi connectivity index (χ3v) is 7.41. The van der Waals surface area contributed by atoms with Crippen LogP contribution in [-0.2, 0) is 19.6 Å². The van der Waals surface area contributed by atoms with Crippen molar-refractivity contribution in [1.29, 1.82) is 0 Å². The lowest BCUT2D eigenvalue weighted by Gasteiger charge is -2.34. The normalized spacial score (nSPS) is 15.1. The van der Waals surface area contributed by atoms with Gasteiger partial charge in [-0.15, -0.1) is 0 Å². The molecule has 2 amide bonds. The summed E-state index contributed by atoms with van der Waals surface area (Å²) in [5.41, 5.74) is 1.65. The first-order chi connectivity index (χ1) is 14.3. The van der Waals surface area contributed by atoms with Gasteiger partial charge in [-0.05, 0) is 42.8 Å². The molecule has 0 spiro atoms. The monoisotopic (exact) mass is 493 g/mol. The molecule has 1 saturated heterocycles. The Labute approximate surface area is 185 Å². The molecule has 30 heavy (non-hydrogen) atoms. The molecule has 9 heteroatoms. The van der Waals surface area contributed by atoms with Gasteiger partial charge in [-0.25, -0.2) is 8.42 Å². The Kier molecular flexibility index (Phi) is 7.27. The van der Waals surface area contributed by atoms with Crippen molar-refractivity contribution in [3.63, 3.8) is 0 Å². The smallest absolute Gasteiger partial charge is 0.243 e. The van der Waals surface area contributed by atoms with E-state index in [9.17, 15) is 18.0 Å². The van der Waals surface area contributed by atoms with Crippen molar-refractivity contribution in [2.24, 2.45) is 0 Å². The molecule has 0 radical (unpaired) electrons. The van der Waals surface area contributed by atoms with Crippen molar-refractivity contribution in [2.45, 2.75) is 24.7 Å².